The molecule has 0 radical (unpaired) electrons. The molecule has 0 bridgehead atoms. The highest BCUT2D eigenvalue weighted by Crippen LogP contribution is 2.21. The zero-order valence-corrected chi connectivity index (χ0v) is 13.3. The second-order valence-corrected chi connectivity index (χ2v) is 6.26. The number of nitrogens with zero attached hydrogens (tertiary/aromatic N) is 1. The predicted molar refractivity (Wildman–Crippen MR) is 86.6 cm³/mol. The summed E-state index contributed by atoms with van der Waals surface area (Å²) in [5.74, 6) is -0.207. The Kier molecular flexibility index (Phi) is 4.68. The molecule has 1 fully saturated rings. The summed E-state index contributed by atoms with van der Waals surface area (Å²) in [6, 6.07) is 16.1. The van der Waals surface area contributed by atoms with Crippen LogP contribution in [-0.4, -0.2) is 24.5 Å². The summed E-state index contributed by atoms with van der Waals surface area (Å²) in [7, 11) is 0. The molecule has 0 saturated carbocycles. The first kappa shape index (κ1) is 14.7. The summed E-state index contributed by atoms with van der Waals surface area (Å²) < 4.78 is 13.8. The Morgan fingerprint density at radius 1 is 1.19 bits per heavy atom. The van der Waals surface area contributed by atoms with Crippen molar-refractivity contribution < 1.29 is 4.39 Å². The van der Waals surface area contributed by atoms with Gasteiger partial charge >= 0.3 is 0 Å². The Morgan fingerprint density at radius 3 is 2.76 bits per heavy atom. The molecular weight excluding hydrogens is 331 g/mol. The number of hydrogen-bond acceptors (Lipinski definition) is 2. The molecule has 3 rings (SSSR count). The molecular formula is C17H18BrFN2. The van der Waals surface area contributed by atoms with Gasteiger partial charge in [-0.15, -0.1) is 0 Å². The first-order valence-electron chi connectivity index (χ1n) is 7.17. The summed E-state index contributed by atoms with van der Waals surface area (Å²) in [4.78, 5) is 2.41. The van der Waals surface area contributed by atoms with Gasteiger partial charge in [0, 0.05) is 32.2 Å². The third kappa shape index (κ3) is 3.70. The standard InChI is InChI=1S/C17H18BrFN2/c18-15-10-13(6-7-16(15)19)11-21-9-8-20-17(12-21)14-4-2-1-3-5-14/h1-7,10,17,20H,8-9,11-12H2. The highest BCUT2D eigenvalue weighted by Gasteiger charge is 2.20. The van der Waals surface area contributed by atoms with Crippen molar-refractivity contribution in [2.45, 2.75) is 12.6 Å². The van der Waals surface area contributed by atoms with Crippen molar-refractivity contribution in [3.05, 3.63) is 69.9 Å². The Bertz CT molecular complexity index is 603. The third-order valence-corrected chi connectivity index (χ3v) is 4.46. The van der Waals surface area contributed by atoms with Crippen molar-refractivity contribution in [1.82, 2.24) is 10.2 Å². The summed E-state index contributed by atoms with van der Waals surface area (Å²) in [6.45, 7) is 3.81. The number of benzene rings is 2. The molecule has 0 aromatic heterocycles. The fourth-order valence-electron chi connectivity index (χ4n) is 2.76. The van der Waals surface area contributed by atoms with Crippen LogP contribution in [0, 0.1) is 5.82 Å². The van der Waals surface area contributed by atoms with Gasteiger partial charge in [0.05, 0.1) is 4.47 Å². The van der Waals surface area contributed by atoms with Crippen molar-refractivity contribution in [2.24, 2.45) is 0 Å². The number of hydrogen-bond donors (Lipinski definition) is 1. The van der Waals surface area contributed by atoms with Crippen LogP contribution in [0.5, 0.6) is 0 Å². The lowest BCUT2D eigenvalue weighted by molar-refractivity contribution is 0.193. The topological polar surface area (TPSA) is 15.3 Å². The van der Waals surface area contributed by atoms with Crippen molar-refractivity contribution in [3.63, 3.8) is 0 Å². The van der Waals surface area contributed by atoms with E-state index in [1.165, 1.54) is 11.6 Å². The lowest BCUT2D eigenvalue weighted by atomic mass is 10.0. The molecule has 2 aromatic rings. The van der Waals surface area contributed by atoms with Gasteiger partial charge in [0.15, 0.2) is 0 Å². The summed E-state index contributed by atoms with van der Waals surface area (Å²) in [5.41, 5.74) is 2.46. The molecule has 1 aliphatic heterocycles. The monoisotopic (exact) mass is 348 g/mol. The van der Waals surface area contributed by atoms with E-state index in [1.807, 2.05) is 18.2 Å². The van der Waals surface area contributed by atoms with Gasteiger partial charge < -0.3 is 5.32 Å². The highest BCUT2D eigenvalue weighted by molar-refractivity contribution is 9.10. The summed E-state index contributed by atoms with van der Waals surface area (Å²) in [6.07, 6.45) is 0. The maximum atomic E-state index is 13.3. The fraction of sp³-hybridized carbons (Fsp3) is 0.294. The lowest BCUT2D eigenvalue weighted by Crippen LogP contribution is -2.45. The van der Waals surface area contributed by atoms with Gasteiger partial charge in [-0.1, -0.05) is 36.4 Å². The van der Waals surface area contributed by atoms with Crippen LogP contribution >= 0.6 is 15.9 Å². The maximum Gasteiger partial charge on any atom is 0.137 e. The van der Waals surface area contributed by atoms with E-state index in [0.29, 0.717) is 10.5 Å². The van der Waals surface area contributed by atoms with E-state index in [0.717, 1.165) is 31.7 Å². The van der Waals surface area contributed by atoms with E-state index in [-0.39, 0.29) is 5.82 Å². The third-order valence-electron chi connectivity index (χ3n) is 3.85. The molecule has 2 aromatic carbocycles. The van der Waals surface area contributed by atoms with E-state index in [9.17, 15) is 4.39 Å². The summed E-state index contributed by atoms with van der Waals surface area (Å²) >= 11 is 3.25. The van der Waals surface area contributed by atoms with Crippen LogP contribution in [0.4, 0.5) is 4.39 Å². The fourth-order valence-corrected chi connectivity index (χ4v) is 3.19. The quantitative estimate of drug-likeness (QED) is 0.908. The average molecular weight is 349 g/mol. The van der Waals surface area contributed by atoms with E-state index < -0.39 is 0 Å². The van der Waals surface area contributed by atoms with Crippen LogP contribution in [0.1, 0.15) is 17.2 Å². The normalized spacial score (nSPS) is 19.6. The van der Waals surface area contributed by atoms with Gasteiger partial charge in [-0.05, 0) is 39.2 Å². The second kappa shape index (κ2) is 6.69. The number of nitrogens with one attached hydrogen (secondary N) is 1. The van der Waals surface area contributed by atoms with Crippen LogP contribution in [0.15, 0.2) is 53.0 Å². The largest absolute Gasteiger partial charge is 0.308 e. The molecule has 1 N–H and O–H groups in total. The molecule has 110 valence electrons. The van der Waals surface area contributed by atoms with Gasteiger partial charge in [-0.3, -0.25) is 4.90 Å². The van der Waals surface area contributed by atoms with Crippen molar-refractivity contribution in [2.75, 3.05) is 19.6 Å². The van der Waals surface area contributed by atoms with Crippen LogP contribution in [0.2, 0.25) is 0 Å². The predicted octanol–water partition coefficient (Wildman–Crippen LogP) is 3.73. The van der Waals surface area contributed by atoms with Crippen molar-refractivity contribution in [3.8, 4) is 0 Å². The minimum absolute atomic E-state index is 0.207. The van der Waals surface area contributed by atoms with Crippen LogP contribution in [0.3, 0.4) is 0 Å². The molecule has 4 heteroatoms. The molecule has 0 spiro atoms. The molecule has 1 atom stereocenters. The van der Waals surface area contributed by atoms with Gasteiger partial charge in [-0.25, -0.2) is 4.39 Å². The van der Waals surface area contributed by atoms with Gasteiger partial charge in [0.25, 0.3) is 0 Å². The first-order valence-corrected chi connectivity index (χ1v) is 7.96. The lowest BCUT2D eigenvalue weighted by Gasteiger charge is -2.34. The van der Waals surface area contributed by atoms with Crippen LogP contribution in [0.25, 0.3) is 0 Å². The Labute approximate surface area is 133 Å². The molecule has 21 heavy (non-hydrogen) atoms. The van der Waals surface area contributed by atoms with Gasteiger partial charge in [0.2, 0.25) is 0 Å². The van der Waals surface area contributed by atoms with Gasteiger partial charge in [0.1, 0.15) is 5.82 Å². The first-order chi connectivity index (χ1) is 10.2. The van der Waals surface area contributed by atoms with Gasteiger partial charge in [-0.2, -0.15) is 0 Å². The van der Waals surface area contributed by atoms with Crippen molar-refractivity contribution in [1.29, 1.82) is 0 Å². The highest BCUT2D eigenvalue weighted by atomic mass is 79.9. The van der Waals surface area contributed by atoms with E-state index in [4.69, 9.17) is 0 Å². The zero-order valence-electron chi connectivity index (χ0n) is 11.7. The Morgan fingerprint density at radius 2 is 2.00 bits per heavy atom. The molecule has 1 unspecified atom stereocenters. The van der Waals surface area contributed by atoms with Crippen LogP contribution in [-0.2, 0) is 6.54 Å². The van der Waals surface area contributed by atoms with E-state index >= 15 is 0 Å². The molecule has 0 aliphatic carbocycles. The minimum atomic E-state index is -0.207. The Balaban J connectivity index is 1.67. The molecule has 2 nitrogen and oxygen atoms in total. The molecule has 0 amide bonds. The molecule has 1 heterocycles. The van der Waals surface area contributed by atoms with Crippen LogP contribution < -0.4 is 5.32 Å². The summed E-state index contributed by atoms with van der Waals surface area (Å²) in [5, 5.41) is 3.56. The average Bonchev–Trinajstić information content (AvgIpc) is 2.52. The molecule has 1 aliphatic rings. The van der Waals surface area contributed by atoms with Crippen molar-refractivity contribution >= 4 is 15.9 Å². The second-order valence-electron chi connectivity index (χ2n) is 5.40. The number of rotatable bonds is 3. The number of piperazine rings is 1. The SMILES string of the molecule is Fc1ccc(CN2CCNC(c3ccccc3)C2)cc1Br. The Hall–Kier alpha value is -1.23. The minimum Gasteiger partial charge on any atom is -0.308 e. The zero-order chi connectivity index (χ0) is 14.7. The molecule has 1 saturated heterocycles. The number of halogens is 2. The van der Waals surface area contributed by atoms with E-state index in [1.54, 1.807) is 0 Å². The van der Waals surface area contributed by atoms with E-state index in [2.05, 4.69) is 50.4 Å². The smallest absolute Gasteiger partial charge is 0.137 e. The maximum absolute atomic E-state index is 13.3.